The fourth-order valence-corrected chi connectivity index (χ4v) is 1.07. The van der Waals surface area contributed by atoms with Crippen LogP contribution in [-0.4, -0.2) is 56.8 Å². The van der Waals surface area contributed by atoms with Gasteiger partial charge in [0, 0.05) is 27.3 Å². The van der Waals surface area contributed by atoms with Crippen LogP contribution in [0.4, 0.5) is 0 Å². The molecule has 1 atom stereocenters. The average Bonchev–Trinajstić information content (AvgIpc) is 2.27. The zero-order chi connectivity index (χ0) is 11.7. The van der Waals surface area contributed by atoms with E-state index in [-0.39, 0.29) is 0 Å². The molecule has 0 aromatic heterocycles. The molecule has 88 valence electrons. The van der Waals surface area contributed by atoms with Crippen molar-refractivity contribution in [3.05, 3.63) is 4.91 Å². The molecule has 1 unspecified atom stereocenters. The smallest absolute Gasteiger partial charge is 0.266 e. The molecule has 0 heterocycles. The molecule has 15 heavy (non-hydrogen) atoms. The molecule has 0 aliphatic heterocycles. The predicted molar refractivity (Wildman–Crippen MR) is 55.8 cm³/mol. The van der Waals surface area contributed by atoms with Crippen molar-refractivity contribution in [2.75, 3.05) is 40.5 Å². The van der Waals surface area contributed by atoms with Gasteiger partial charge in [0.05, 0.1) is 13.2 Å². The molecule has 0 spiro atoms. The largest absolute Gasteiger partial charge is 0.383 e. The minimum atomic E-state index is -1.38. The van der Waals surface area contributed by atoms with Crippen LogP contribution in [-0.2, 0) is 14.3 Å². The van der Waals surface area contributed by atoms with E-state index < -0.39 is 11.4 Å². The Hall–Kier alpha value is -0.720. The first-order valence-electron chi connectivity index (χ1n) is 4.40. The quantitative estimate of drug-likeness (QED) is 0.350. The van der Waals surface area contributed by atoms with Gasteiger partial charge in [-0.3, -0.25) is 4.79 Å². The van der Waals surface area contributed by atoms with Crippen molar-refractivity contribution in [2.45, 2.75) is 5.50 Å². The number of nitrogens with zero attached hydrogens (tertiary/aromatic N) is 2. The van der Waals surface area contributed by atoms with Gasteiger partial charge in [-0.15, -0.1) is 4.91 Å². The minimum Gasteiger partial charge on any atom is -0.383 e. The summed E-state index contributed by atoms with van der Waals surface area (Å²) in [7, 11) is 3.05. The molecule has 0 fully saturated rings. The monoisotopic (exact) mass is 238 g/mol. The Bertz CT molecular complexity index is 195. The van der Waals surface area contributed by atoms with E-state index in [1.54, 1.807) is 0 Å². The van der Waals surface area contributed by atoms with Crippen molar-refractivity contribution >= 4 is 17.5 Å². The van der Waals surface area contributed by atoms with Gasteiger partial charge in [-0.25, -0.2) is 0 Å². The Kier molecular flexibility index (Phi) is 8.17. The molecule has 0 bridgehead atoms. The van der Waals surface area contributed by atoms with Gasteiger partial charge in [-0.1, -0.05) is 11.6 Å². The molecule has 1 amide bonds. The summed E-state index contributed by atoms with van der Waals surface area (Å²) in [5.41, 5.74) is -1.38. The number of methoxy groups -OCH3 is 2. The highest BCUT2D eigenvalue weighted by Gasteiger charge is 2.22. The Morgan fingerprint density at radius 1 is 1.33 bits per heavy atom. The number of hydrogen-bond donors (Lipinski definition) is 0. The second-order valence-corrected chi connectivity index (χ2v) is 3.17. The third kappa shape index (κ3) is 5.66. The Morgan fingerprint density at radius 2 is 1.80 bits per heavy atom. The summed E-state index contributed by atoms with van der Waals surface area (Å²) in [6.45, 7) is 1.46. The molecule has 0 aromatic rings. The van der Waals surface area contributed by atoms with Gasteiger partial charge < -0.3 is 14.4 Å². The van der Waals surface area contributed by atoms with Crippen LogP contribution in [0.1, 0.15) is 0 Å². The molecule has 0 radical (unpaired) electrons. The molecule has 0 aliphatic carbocycles. The van der Waals surface area contributed by atoms with Crippen molar-refractivity contribution in [1.82, 2.24) is 4.90 Å². The molecule has 0 aliphatic rings. The number of carbonyl (C=O) groups excluding carboxylic acids is 1. The maximum Gasteiger partial charge on any atom is 0.266 e. The first-order chi connectivity index (χ1) is 7.17. The molecule has 0 saturated carbocycles. The standard InChI is InChI=1S/C8H15ClN2O4/c1-14-5-3-11(4-6-15-2)8(12)7(9)10-13/h7H,3-6H2,1-2H3. The highest BCUT2D eigenvalue weighted by atomic mass is 35.5. The van der Waals surface area contributed by atoms with Crippen LogP contribution in [0, 0.1) is 4.91 Å². The first kappa shape index (κ1) is 14.3. The van der Waals surface area contributed by atoms with Crippen LogP contribution in [0.5, 0.6) is 0 Å². The number of halogens is 1. The predicted octanol–water partition coefficient (Wildman–Crippen LogP) is 0.439. The summed E-state index contributed by atoms with van der Waals surface area (Å²) in [5.74, 6) is -0.527. The van der Waals surface area contributed by atoms with Crippen LogP contribution >= 0.6 is 11.6 Å². The van der Waals surface area contributed by atoms with Gasteiger partial charge in [0.1, 0.15) is 0 Å². The van der Waals surface area contributed by atoms with Gasteiger partial charge in [-0.2, -0.15) is 0 Å². The first-order valence-corrected chi connectivity index (χ1v) is 4.84. The van der Waals surface area contributed by atoms with Gasteiger partial charge >= 0.3 is 0 Å². The number of alkyl halides is 1. The average molecular weight is 239 g/mol. The number of rotatable bonds is 8. The number of carbonyl (C=O) groups is 1. The van der Waals surface area contributed by atoms with Crippen LogP contribution < -0.4 is 0 Å². The van der Waals surface area contributed by atoms with E-state index in [9.17, 15) is 9.70 Å². The second-order valence-electron chi connectivity index (χ2n) is 2.75. The third-order valence-electron chi connectivity index (χ3n) is 1.74. The zero-order valence-corrected chi connectivity index (χ0v) is 9.57. The maximum absolute atomic E-state index is 11.5. The van der Waals surface area contributed by atoms with E-state index in [1.165, 1.54) is 19.1 Å². The molecule has 7 heteroatoms. The molecule has 0 saturated heterocycles. The summed E-state index contributed by atoms with van der Waals surface area (Å²) < 4.78 is 9.66. The van der Waals surface area contributed by atoms with E-state index in [1.807, 2.05) is 0 Å². The molecular formula is C8H15ClN2O4. The van der Waals surface area contributed by atoms with Gasteiger partial charge in [-0.05, 0) is 5.18 Å². The molecule has 6 nitrogen and oxygen atoms in total. The van der Waals surface area contributed by atoms with Crippen molar-refractivity contribution in [3.8, 4) is 0 Å². The number of amides is 1. The summed E-state index contributed by atoms with van der Waals surface area (Å²) in [4.78, 5) is 23.0. The lowest BCUT2D eigenvalue weighted by atomic mass is 10.4. The fourth-order valence-electron chi connectivity index (χ4n) is 0.931. The normalized spacial score (nSPS) is 12.2. The Morgan fingerprint density at radius 3 is 2.13 bits per heavy atom. The number of ether oxygens (including phenoxy) is 2. The van der Waals surface area contributed by atoms with Crippen molar-refractivity contribution in [3.63, 3.8) is 0 Å². The van der Waals surface area contributed by atoms with Crippen LogP contribution in [0.3, 0.4) is 0 Å². The van der Waals surface area contributed by atoms with Gasteiger partial charge in [0.2, 0.25) is 5.50 Å². The lowest BCUT2D eigenvalue weighted by molar-refractivity contribution is -0.132. The van der Waals surface area contributed by atoms with Crippen molar-refractivity contribution in [2.24, 2.45) is 5.18 Å². The summed E-state index contributed by atoms with van der Waals surface area (Å²) in [5, 5.41) is 2.47. The lowest BCUT2D eigenvalue weighted by Gasteiger charge is -2.22. The third-order valence-corrected chi connectivity index (χ3v) is 2.01. The zero-order valence-electron chi connectivity index (χ0n) is 8.81. The Balaban J connectivity index is 4.19. The highest BCUT2D eigenvalue weighted by Crippen LogP contribution is 2.03. The fraction of sp³-hybridized carbons (Fsp3) is 0.875. The van der Waals surface area contributed by atoms with Crippen LogP contribution in [0.25, 0.3) is 0 Å². The van der Waals surface area contributed by atoms with Crippen molar-refractivity contribution in [1.29, 1.82) is 0 Å². The topological polar surface area (TPSA) is 68.2 Å². The van der Waals surface area contributed by atoms with E-state index in [2.05, 4.69) is 5.18 Å². The molecule has 0 aromatic carbocycles. The summed E-state index contributed by atoms with van der Waals surface area (Å²) >= 11 is 5.42. The molecule has 0 rings (SSSR count). The number of hydrogen-bond acceptors (Lipinski definition) is 5. The lowest BCUT2D eigenvalue weighted by Crippen LogP contribution is -2.40. The second kappa shape index (κ2) is 8.58. The molecular weight excluding hydrogens is 224 g/mol. The summed E-state index contributed by atoms with van der Waals surface area (Å²) in [6, 6.07) is 0. The van der Waals surface area contributed by atoms with Crippen LogP contribution in [0.15, 0.2) is 5.18 Å². The highest BCUT2D eigenvalue weighted by molar-refractivity contribution is 6.30. The van der Waals surface area contributed by atoms with E-state index in [4.69, 9.17) is 21.1 Å². The SMILES string of the molecule is COCCN(CCOC)C(=O)C(Cl)N=O. The van der Waals surface area contributed by atoms with Crippen molar-refractivity contribution < 1.29 is 14.3 Å². The van der Waals surface area contributed by atoms with E-state index >= 15 is 0 Å². The maximum atomic E-state index is 11.5. The minimum absolute atomic E-state index is 0.359. The number of nitroso groups, excluding NO2 is 1. The van der Waals surface area contributed by atoms with Gasteiger partial charge in [0.15, 0.2) is 0 Å². The van der Waals surface area contributed by atoms with Gasteiger partial charge in [0.25, 0.3) is 5.91 Å². The summed E-state index contributed by atoms with van der Waals surface area (Å²) in [6.07, 6.45) is 0. The molecule has 0 N–H and O–H groups in total. The van der Waals surface area contributed by atoms with E-state index in [0.29, 0.717) is 26.3 Å². The van der Waals surface area contributed by atoms with Crippen LogP contribution in [0.2, 0.25) is 0 Å². The van der Waals surface area contributed by atoms with E-state index in [0.717, 1.165) is 0 Å². The Labute approximate surface area is 93.4 Å².